The molecule has 0 aliphatic carbocycles. The molecule has 3 aromatic carbocycles. The van der Waals surface area contributed by atoms with Gasteiger partial charge >= 0.3 is 6.09 Å². The van der Waals surface area contributed by atoms with E-state index in [1.807, 2.05) is 49.4 Å². The molecular weight excluding hydrogens is 584 g/mol. The number of amides is 4. The van der Waals surface area contributed by atoms with Crippen LogP contribution in [-0.4, -0.2) is 55.8 Å². The molecule has 1 heterocycles. The van der Waals surface area contributed by atoms with Crippen molar-refractivity contribution in [3.05, 3.63) is 83.9 Å². The van der Waals surface area contributed by atoms with Crippen molar-refractivity contribution < 1.29 is 28.7 Å². The molecule has 46 heavy (non-hydrogen) atoms. The molecule has 0 saturated carbocycles. The first-order valence-corrected chi connectivity index (χ1v) is 15.8. The van der Waals surface area contributed by atoms with Gasteiger partial charge in [0.05, 0.1) is 12.6 Å². The smallest absolute Gasteiger partial charge is 0.407 e. The van der Waals surface area contributed by atoms with Crippen LogP contribution in [0.5, 0.6) is 0 Å². The van der Waals surface area contributed by atoms with Gasteiger partial charge in [0.25, 0.3) is 0 Å². The van der Waals surface area contributed by atoms with Crippen LogP contribution in [0.4, 0.5) is 4.79 Å². The number of benzene rings is 3. The Kier molecular flexibility index (Phi) is 17.2. The molecule has 4 rings (SSSR count). The van der Waals surface area contributed by atoms with E-state index in [1.54, 1.807) is 0 Å². The van der Waals surface area contributed by atoms with Crippen LogP contribution in [0.3, 0.4) is 0 Å². The van der Waals surface area contributed by atoms with E-state index in [-0.39, 0.29) is 37.1 Å². The lowest BCUT2D eigenvalue weighted by Gasteiger charge is -2.24. The van der Waals surface area contributed by atoms with Crippen molar-refractivity contribution in [2.45, 2.75) is 72.1 Å². The molecule has 1 aliphatic rings. The Balaban J connectivity index is 0.000000297. The molecule has 1 saturated heterocycles. The van der Waals surface area contributed by atoms with Gasteiger partial charge in [-0.05, 0) is 60.4 Å². The van der Waals surface area contributed by atoms with Gasteiger partial charge in [0.1, 0.15) is 12.9 Å². The topological polar surface area (TPSA) is 143 Å². The van der Waals surface area contributed by atoms with Gasteiger partial charge in [-0.2, -0.15) is 0 Å². The molecule has 3 unspecified atom stereocenters. The van der Waals surface area contributed by atoms with E-state index >= 15 is 0 Å². The van der Waals surface area contributed by atoms with Gasteiger partial charge in [-0.25, -0.2) is 4.79 Å². The number of piperidine rings is 1. The monoisotopic (exact) mass is 632 g/mol. The molecular formula is C36H48N4O6. The first-order valence-electron chi connectivity index (χ1n) is 15.8. The summed E-state index contributed by atoms with van der Waals surface area (Å²) >= 11 is 0. The summed E-state index contributed by atoms with van der Waals surface area (Å²) in [7, 11) is 0. The normalized spacial score (nSPS) is 15.0. The van der Waals surface area contributed by atoms with Gasteiger partial charge in [0.15, 0.2) is 0 Å². The van der Waals surface area contributed by atoms with Gasteiger partial charge < -0.3 is 30.8 Å². The molecule has 10 heteroatoms. The molecule has 3 aromatic rings. The van der Waals surface area contributed by atoms with Crippen LogP contribution in [0.15, 0.2) is 72.8 Å². The lowest BCUT2D eigenvalue weighted by atomic mass is 9.92. The lowest BCUT2D eigenvalue weighted by Crippen LogP contribution is -2.45. The maximum atomic E-state index is 11.9. The fourth-order valence-electron chi connectivity index (χ4n) is 4.72. The van der Waals surface area contributed by atoms with Crippen LogP contribution >= 0.6 is 0 Å². The molecule has 3 atom stereocenters. The molecule has 4 amide bonds. The van der Waals surface area contributed by atoms with E-state index in [1.165, 1.54) is 16.3 Å². The number of carbonyl (C=O) groups excluding carboxylic acids is 5. The Morgan fingerprint density at radius 1 is 0.935 bits per heavy atom. The van der Waals surface area contributed by atoms with Crippen molar-refractivity contribution in [3.8, 4) is 0 Å². The van der Waals surface area contributed by atoms with E-state index in [9.17, 15) is 24.0 Å². The average Bonchev–Trinajstić information content (AvgIpc) is 3.04. The van der Waals surface area contributed by atoms with Crippen LogP contribution < -0.4 is 21.3 Å². The standard InChI is InChI=1S/C21H21NO2.C11H17N3O4.C4H10/c1-16(22-21(23)24-15-17-8-3-2-4-9-17)14-19-12-7-11-18-10-5-6-13-20(18)19;15-6-9(14-10(17)5-12-7-16)4-8-2-1-3-13-11(8)18;1-4(2)3/h2-13,16H,14-15H2,1H3,(H,22,23);6-9H,1-5H2,(H,12,16)(H,13,18)(H,14,17);4H,1-3H3. The molecule has 0 spiro atoms. The minimum absolute atomic E-state index is 0.000852. The third-order valence-corrected chi connectivity index (χ3v) is 6.78. The third kappa shape index (κ3) is 14.8. The average molecular weight is 633 g/mol. The fourth-order valence-corrected chi connectivity index (χ4v) is 4.72. The summed E-state index contributed by atoms with van der Waals surface area (Å²) < 4.78 is 5.27. The molecule has 0 bridgehead atoms. The summed E-state index contributed by atoms with van der Waals surface area (Å²) in [5, 5.41) is 12.7. The second kappa shape index (κ2) is 21.1. The highest BCUT2D eigenvalue weighted by atomic mass is 16.5. The molecule has 248 valence electrons. The molecule has 0 radical (unpaired) electrons. The Hall–Kier alpha value is -4.73. The number of hydrogen-bond donors (Lipinski definition) is 4. The first-order chi connectivity index (χ1) is 22.1. The largest absolute Gasteiger partial charge is 0.445 e. The first kappa shape index (κ1) is 37.5. The number of aldehydes is 1. The van der Waals surface area contributed by atoms with E-state index < -0.39 is 11.9 Å². The summed E-state index contributed by atoms with van der Waals surface area (Å²) in [5.41, 5.74) is 2.21. The minimum Gasteiger partial charge on any atom is -0.445 e. The van der Waals surface area contributed by atoms with Crippen molar-refractivity contribution in [2.75, 3.05) is 13.1 Å². The van der Waals surface area contributed by atoms with Crippen LogP contribution in [-0.2, 0) is 36.9 Å². The summed E-state index contributed by atoms with van der Waals surface area (Å²) in [5.74, 6) is 0.0667. The Morgan fingerprint density at radius 2 is 1.61 bits per heavy atom. The highest BCUT2D eigenvalue weighted by molar-refractivity contribution is 5.86. The molecule has 4 N–H and O–H groups in total. The van der Waals surface area contributed by atoms with Crippen molar-refractivity contribution >= 4 is 41.4 Å². The second-order valence-corrected chi connectivity index (χ2v) is 11.9. The maximum absolute atomic E-state index is 11.9. The van der Waals surface area contributed by atoms with Gasteiger partial charge in [-0.3, -0.25) is 14.4 Å². The summed E-state index contributed by atoms with van der Waals surface area (Å²) in [6, 6.07) is 23.5. The lowest BCUT2D eigenvalue weighted by molar-refractivity contribution is -0.128. The highest BCUT2D eigenvalue weighted by Gasteiger charge is 2.26. The fraction of sp³-hybridized carbons (Fsp3) is 0.417. The summed E-state index contributed by atoms with van der Waals surface area (Å²) in [6.45, 7) is 9.26. The van der Waals surface area contributed by atoms with E-state index in [4.69, 9.17) is 4.74 Å². The predicted octanol–water partition coefficient (Wildman–Crippen LogP) is 4.69. The van der Waals surface area contributed by atoms with E-state index in [0.29, 0.717) is 25.7 Å². The van der Waals surface area contributed by atoms with Gasteiger partial charge in [0.2, 0.25) is 18.2 Å². The number of nitrogens with one attached hydrogen (secondary N) is 4. The van der Waals surface area contributed by atoms with Crippen molar-refractivity contribution in [1.82, 2.24) is 21.3 Å². The van der Waals surface area contributed by atoms with Crippen LogP contribution in [0, 0.1) is 11.8 Å². The van der Waals surface area contributed by atoms with Crippen molar-refractivity contribution in [3.63, 3.8) is 0 Å². The Morgan fingerprint density at radius 3 is 2.28 bits per heavy atom. The van der Waals surface area contributed by atoms with Crippen molar-refractivity contribution in [1.29, 1.82) is 0 Å². The van der Waals surface area contributed by atoms with Crippen LogP contribution in [0.2, 0.25) is 0 Å². The SMILES string of the molecule is CC(C)C.CC(Cc1cccc2ccccc12)NC(=O)OCc1ccccc1.O=CNCC(=O)NC(C=O)CC1CCCNC1=O. The second-order valence-electron chi connectivity index (χ2n) is 11.9. The Labute approximate surface area is 272 Å². The van der Waals surface area contributed by atoms with E-state index in [2.05, 4.69) is 72.4 Å². The third-order valence-electron chi connectivity index (χ3n) is 6.78. The zero-order chi connectivity index (χ0) is 33.7. The summed E-state index contributed by atoms with van der Waals surface area (Å²) in [4.78, 5) is 55.6. The van der Waals surface area contributed by atoms with Crippen LogP contribution in [0.25, 0.3) is 10.8 Å². The van der Waals surface area contributed by atoms with Gasteiger partial charge in [-0.1, -0.05) is 93.6 Å². The number of rotatable bonds is 12. The number of carbonyl (C=O) groups is 5. The zero-order valence-corrected chi connectivity index (χ0v) is 27.3. The molecule has 0 aromatic heterocycles. The number of fused-ring (bicyclic) bond motifs is 1. The highest BCUT2D eigenvalue weighted by Crippen LogP contribution is 2.20. The number of hydrogen-bond acceptors (Lipinski definition) is 6. The minimum atomic E-state index is -0.695. The zero-order valence-electron chi connectivity index (χ0n) is 27.3. The maximum Gasteiger partial charge on any atom is 0.407 e. The van der Waals surface area contributed by atoms with E-state index in [0.717, 1.165) is 30.7 Å². The van der Waals surface area contributed by atoms with Gasteiger partial charge in [0, 0.05) is 18.5 Å². The number of alkyl carbamates (subject to hydrolysis) is 1. The summed E-state index contributed by atoms with van der Waals surface area (Å²) in [6.07, 6.45) is 3.29. The van der Waals surface area contributed by atoms with Gasteiger partial charge in [-0.15, -0.1) is 0 Å². The Bertz CT molecular complexity index is 1370. The van der Waals surface area contributed by atoms with Crippen molar-refractivity contribution in [2.24, 2.45) is 11.8 Å². The molecule has 1 fully saturated rings. The molecule has 1 aliphatic heterocycles. The molecule has 10 nitrogen and oxygen atoms in total. The van der Waals surface area contributed by atoms with Crippen LogP contribution in [0.1, 0.15) is 58.1 Å². The quantitative estimate of drug-likeness (QED) is 0.214. The predicted molar refractivity (Wildman–Crippen MR) is 180 cm³/mol. The number of ether oxygens (including phenoxy) is 1.